The number of benzene rings is 4. The third kappa shape index (κ3) is 10.7. The predicted molar refractivity (Wildman–Crippen MR) is 221 cm³/mol. The minimum atomic E-state index is -0.744. The lowest BCUT2D eigenvalue weighted by Gasteiger charge is -2.35. The smallest absolute Gasteiger partial charge is 0.338 e. The maximum absolute atomic E-state index is 13.4. The van der Waals surface area contributed by atoms with Crippen molar-refractivity contribution >= 4 is 24.0 Å². The summed E-state index contributed by atoms with van der Waals surface area (Å²) < 4.78 is 33.1. The maximum Gasteiger partial charge on any atom is 0.338 e. The normalized spacial score (nSPS) is 16.6. The van der Waals surface area contributed by atoms with Crippen LogP contribution in [0, 0.1) is 0 Å². The first-order chi connectivity index (χ1) is 29.2. The van der Waals surface area contributed by atoms with Gasteiger partial charge in [0, 0.05) is 25.6 Å². The molecule has 14 nitrogen and oxygen atoms in total. The molecule has 0 saturated heterocycles. The lowest BCUT2D eigenvalue weighted by molar-refractivity contribution is -0.141. The summed E-state index contributed by atoms with van der Waals surface area (Å²) in [7, 11) is 3.05. The summed E-state index contributed by atoms with van der Waals surface area (Å²) in [6.45, 7) is 5.14. The van der Waals surface area contributed by atoms with Crippen molar-refractivity contribution in [3.63, 3.8) is 0 Å². The number of esters is 2. The molecule has 2 N–H and O–H groups in total. The molecule has 0 bridgehead atoms. The second-order valence-electron chi connectivity index (χ2n) is 14.0. The zero-order valence-electron chi connectivity index (χ0n) is 34.2. The number of hydrogen-bond acceptors (Lipinski definition) is 10. The highest BCUT2D eigenvalue weighted by atomic mass is 16.6. The van der Waals surface area contributed by atoms with Gasteiger partial charge in [0.15, 0.2) is 0 Å². The number of allylic oxidation sites excluding steroid dienone is 2. The average Bonchev–Trinajstić information content (AvgIpc) is 3.26. The SMILES string of the molecule is COCCOC(=O)C1=C(C)N(Cc2ccccc2)C(=O)NC1c1ccc(OCCOc2ccc(C3NC(=O)N(Cc4ccccc4)C(C)=C3C(=O)OCCOC)cc2)cc1. The number of ether oxygens (including phenoxy) is 6. The topological polar surface area (TPSA) is 154 Å². The van der Waals surface area contributed by atoms with Crippen molar-refractivity contribution in [3.8, 4) is 11.5 Å². The zero-order valence-corrected chi connectivity index (χ0v) is 34.2. The van der Waals surface area contributed by atoms with Crippen molar-refractivity contribution in [2.45, 2.75) is 39.0 Å². The maximum atomic E-state index is 13.4. The molecule has 60 heavy (non-hydrogen) atoms. The fourth-order valence-corrected chi connectivity index (χ4v) is 6.93. The van der Waals surface area contributed by atoms with E-state index in [4.69, 9.17) is 28.4 Å². The molecule has 2 unspecified atom stereocenters. The highest BCUT2D eigenvalue weighted by Crippen LogP contribution is 2.35. The molecule has 4 aromatic carbocycles. The number of hydrogen-bond donors (Lipinski definition) is 2. The van der Waals surface area contributed by atoms with Gasteiger partial charge in [0.25, 0.3) is 0 Å². The lowest BCUT2D eigenvalue weighted by Crippen LogP contribution is -2.47. The molecule has 2 aliphatic heterocycles. The number of rotatable bonds is 19. The Morgan fingerprint density at radius 3 is 1.23 bits per heavy atom. The summed E-state index contributed by atoms with van der Waals surface area (Å²) in [5.74, 6) is 0.0490. The third-order valence-electron chi connectivity index (χ3n) is 10.1. The van der Waals surface area contributed by atoms with Crippen LogP contribution in [0.1, 0.15) is 48.2 Å². The Labute approximate surface area is 349 Å². The number of urea groups is 2. The summed E-state index contributed by atoms with van der Waals surface area (Å²) >= 11 is 0. The quantitative estimate of drug-likeness (QED) is 0.0781. The molecule has 14 heteroatoms. The summed E-state index contributed by atoms with van der Waals surface area (Å²) in [6.07, 6.45) is 0. The predicted octanol–water partition coefficient (Wildman–Crippen LogP) is 6.60. The fourth-order valence-electron chi connectivity index (χ4n) is 6.93. The van der Waals surface area contributed by atoms with Gasteiger partial charge in [-0.2, -0.15) is 0 Å². The average molecular weight is 819 g/mol. The van der Waals surface area contributed by atoms with Gasteiger partial charge in [0.2, 0.25) is 0 Å². The largest absolute Gasteiger partial charge is 0.490 e. The summed E-state index contributed by atoms with van der Waals surface area (Å²) in [5.41, 5.74) is 4.85. The van der Waals surface area contributed by atoms with Crippen molar-refractivity contribution < 1.29 is 47.6 Å². The summed E-state index contributed by atoms with van der Waals surface area (Å²) in [5, 5.41) is 5.97. The molecule has 4 aromatic rings. The molecule has 2 aliphatic rings. The van der Waals surface area contributed by atoms with Gasteiger partial charge in [0.1, 0.15) is 37.9 Å². The Balaban J connectivity index is 1.08. The molecule has 2 heterocycles. The van der Waals surface area contributed by atoms with Gasteiger partial charge in [-0.05, 0) is 60.4 Å². The number of nitrogens with one attached hydrogen (secondary N) is 2. The Hall–Kier alpha value is -6.64. The number of carbonyl (C=O) groups excluding carboxylic acids is 4. The van der Waals surface area contributed by atoms with Gasteiger partial charge in [0.05, 0.1) is 49.5 Å². The molecule has 2 atom stereocenters. The standard InChI is InChI=1S/C46H50N4O10/c1-31-39(43(51)59-25-23-55-3)41(47-45(53)49(31)29-33-11-7-5-8-12-33)35-15-19-37(20-16-35)57-27-28-58-38-21-17-36(18-22-38)42-40(44(52)60-26-24-56-4)32(2)50(46(54)48-42)30-34-13-9-6-10-14-34/h5-22,41-42H,23-30H2,1-4H3,(H,47,53)(H,48,54). The van der Waals surface area contributed by atoms with Crippen LogP contribution in [0.25, 0.3) is 0 Å². The van der Waals surface area contributed by atoms with Crippen molar-refractivity contribution in [2.24, 2.45) is 0 Å². The van der Waals surface area contributed by atoms with E-state index in [1.165, 1.54) is 24.0 Å². The number of carbonyl (C=O) groups is 4. The van der Waals surface area contributed by atoms with Crippen LogP contribution in [0.15, 0.2) is 132 Å². The van der Waals surface area contributed by atoms with Crippen molar-refractivity contribution in [1.29, 1.82) is 0 Å². The molecular weight excluding hydrogens is 769 g/mol. The Morgan fingerprint density at radius 2 is 0.883 bits per heavy atom. The number of amides is 4. The fraction of sp³-hybridized carbons (Fsp3) is 0.304. The zero-order chi connectivity index (χ0) is 42.4. The van der Waals surface area contributed by atoms with E-state index in [1.807, 2.05) is 60.7 Å². The van der Waals surface area contributed by atoms with Crippen LogP contribution in [-0.4, -0.2) is 87.7 Å². The number of nitrogens with zero attached hydrogens (tertiary/aromatic N) is 2. The van der Waals surface area contributed by atoms with E-state index < -0.39 is 24.0 Å². The van der Waals surface area contributed by atoms with Crippen LogP contribution in [0.5, 0.6) is 11.5 Å². The Morgan fingerprint density at radius 1 is 0.517 bits per heavy atom. The van der Waals surface area contributed by atoms with Crippen molar-refractivity contribution in [2.75, 3.05) is 53.9 Å². The highest BCUT2D eigenvalue weighted by molar-refractivity contribution is 5.96. The van der Waals surface area contributed by atoms with Gasteiger partial charge in [-0.3, -0.25) is 9.80 Å². The second-order valence-corrected chi connectivity index (χ2v) is 14.0. The molecule has 0 spiro atoms. The minimum absolute atomic E-state index is 0.0712. The molecule has 0 fully saturated rings. The first-order valence-electron chi connectivity index (χ1n) is 19.6. The van der Waals surface area contributed by atoms with Gasteiger partial charge in [-0.25, -0.2) is 19.2 Å². The van der Waals surface area contributed by atoms with Crippen LogP contribution in [0.4, 0.5) is 9.59 Å². The molecule has 0 aliphatic carbocycles. The van der Waals surface area contributed by atoms with Crippen LogP contribution in [-0.2, 0) is 41.6 Å². The molecular formula is C46H50N4O10. The molecule has 6 rings (SSSR count). The van der Waals surface area contributed by atoms with Crippen LogP contribution in [0.2, 0.25) is 0 Å². The first-order valence-corrected chi connectivity index (χ1v) is 19.6. The van der Waals surface area contributed by atoms with Crippen molar-refractivity contribution in [1.82, 2.24) is 20.4 Å². The van der Waals surface area contributed by atoms with E-state index in [2.05, 4.69) is 10.6 Å². The molecule has 0 saturated carbocycles. The minimum Gasteiger partial charge on any atom is -0.490 e. The first kappa shape index (κ1) is 43.0. The number of methoxy groups -OCH3 is 2. The summed E-state index contributed by atoms with van der Waals surface area (Å²) in [6, 6.07) is 31.2. The van der Waals surface area contributed by atoms with Crippen LogP contribution in [0.3, 0.4) is 0 Å². The summed E-state index contributed by atoms with van der Waals surface area (Å²) in [4.78, 5) is 56.7. The van der Waals surface area contributed by atoms with E-state index in [1.54, 1.807) is 62.4 Å². The Bertz CT molecular complexity index is 2000. The molecule has 4 amide bonds. The van der Waals surface area contributed by atoms with Crippen LogP contribution < -0.4 is 20.1 Å². The van der Waals surface area contributed by atoms with E-state index in [0.29, 0.717) is 45.2 Å². The van der Waals surface area contributed by atoms with Crippen LogP contribution >= 0.6 is 0 Å². The molecule has 0 aromatic heterocycles. The lowest BCUT2D eigenvalue weighted by atomic mass is 9.94. The van der Waals surface area contributed by atoms with Gasteiger partial charge < -0.3 is 39.1 Å². The monoisotopic (exact) mass is 818 g/mol. The Kier molecular flexibility index (Phi) is 14.9. The third-order valence-corrected chi connectivity index (χ3v) is 10.1. The van der Waals surface area contributed by atoms with Gasteiger partial charge >= 0.3 is 24.0 Å². The van der Waals surface area contributed by atoms with E-state index in [-0.39, 0.29) is 64.8 Å². The van der Waals surface area contributed by atoms with Crippen molar-refractivity contribution in [3.05, 3.63) is 154 Å². The second kappa shape index (κ2) is 20.9. The van der Waals surface area contributed by atoms with E-state index in [9.17, 15) is 19.2 Å². The molecule has 314 valence electrons. The highest BCUT2D eigenvalue weighted by Gasteiger charge is 2.38. The van der Waals surface area contributed by atoms with E-state index in [0.717, 1.165) is 11.1 Å². The van der Waals surface area contributed by atoms with Gasteiger partial charge in [-0.1, -0.05) is 84.9 Å². The molecule has 0 radical (unpaired) electrons. The van der Waals surface area contributed by atoms with Gasteiger partial charge in [-0.15, -0.1) is 0 Å². The van der Waals surface area contributed by atoms with E-state index >= 15 is 0 Å².